The van der Waals surface area contributed by atoms with Crippen molar-refractivity contribution in [2.75, 3.05) is 20.8 Å². The molecule has 2 aromatic carbocycles. The van der Waals surface area contributed by atoms with Gasteiger partial charge in [-0.1, -0.05) is 44.2 Å². The Labute approximate surface area is 217 Å². The molecule has 3 aliphatic rings. The number of carboxylic acids is 1. The average molecular weight is 503 g/mol. The number of hydrogen-bond acceptors (Lipinski definition) is 6. The number of allylic oxidation sites excluding steroid dienone is 2. The first-order valence-electron chi connectivity index (χ1n) is 12.8. The number of ketones is 1. The van der Waals surface area contributed by atoms with Crippen LogP contribution in [0.2, 0.25) is 0 Å². The van der Waals surface area contributed by atoms with Gasteiger partial charge in [-0.25, -0.2) is 4.79 Å². The summed E-state index contributed by atoms with van der Waals surface area (Å²) in [6.07, 6.45) is 2.77. The molecule has 2 atom stereocenters. The highest BCUT2D eigenvalue weighted by atomic mass is 16.5. The smallest absolute Gasteiger partial charge is 0.328 e. The van der Waals surface area contributed by atoms with Crippen molar-refractivity contribution in [1.82, 2.24) is 4.90 Å². The predicted octanol–water partition coefficient (Wildman–Crippen LogP) is 4.79. The summed E-state index contributed by atoms with van der Waals surface area (Å²) in [5.74, 6) is 0.432. The van der Waals surface area contributed by atoms with Crippen LogP contribution in [-0.2, 0) is 22.4 Å². The Morgan fingerprint density at radius 1 is 1.14 bits per heavy atom. The summed E-state index contributed by atoms with van der Waals surface area (Å²) in [5, 5.41) is 10.1. The second-order valence-corrected chi connectivity index (χ2v) is 11.0. The van der Waals surface area contributed by atoms with Gasteiger partial charge in [0.05, 0.1) is 31.5 Å². The fraction of sp³-hybridized carbons (Fsp3) is 0.433. The van der Waals surface area contributed by atoms with Crippen molar-refractivity contribution < 1.29 is 24.2 Å². The van der Waals surface area contributed by atoms with Crippen molar-refractivity contribution in [3.8, 4) is 11.5 Å². The summed E-state index contributed by atoms with van der Waals surface area (Å²) in [6, 6.07) is 12.6. The summed E-state index contributed by atoms with van der Waals surface area (Å²) in [6.45, 7) is 5.03. The molecule has 0 fully saturated rings. The fourth-order valence-electron chi connectivity index (χ4n) is 6.05. The Balaban J connectivity index is 1.63. The van der Waals surface area contributed by atoms with Gasteiger partial charge in [-0.05, 0) is 47.1 Å². The number of carbonyl (C=O) groups excluding carboxylic acids is 1. The van der Waals surface area contributed by atoms with Crippen molar-refractivity contribution in [3.05, 3.63) is 70.4 Å². The minimum absolute atomic E-state index is 0.0473. The molecule has 0 unspecified atom stereocenters. The zero-order chi connectivity index (χ0) is 26.3. The van der Waals surface area contributed by atoms with E-state index in [1.54, 1.807) is 14.2 Å². The maximum atomic E-state index is 13.5. The molecule has 194 valence electrons. The van der Waals surface area contributed by atoms with Gasteiger partial charge >= 0.3 is 5.97 Å². The molecular weight excluding hydrogens is 468 g/mol. The summed E-state index contributed by atoms with van der Waals surface area (Å²) in [4.78, 5) is 33.0. The van der Waals surface area contributed by atoms with Crippen molar-refractivity contribution >= 4 is 17.5 Å². The van der Waals surface area contributed by atoms with E-state index in [1.165, 1.54) is 5.56 Å². The van der Waals surface area contributed by atoms with Crippen LogP contribution in [0.4, 0.5) is 0 Å². The van der Waals surface area contributed by atoms with Crippen molar-refractivity contribution in [3.63, 3.8) is 0 Å². The van der Waals surface area contributed by atoms with Crippen molar-refractivity contribution in [2.45, 2.75) is 58.0 Å². The number of methoxy groups -OCH3 is 2. The molecular formula is C30H34N2O5. The fourth-order valence-corrected chi connectivity index (χ4v) is 6.05. The molecule has 2 aliphatic heterocycles. The van der Waals surface area contributed by atoms with Crippen LogP contribution >= 0.6 is 0 Å². The molecule has 2 heterocycles. The quantitative estimate of drug-likeness (QED) is 0.611. The molecule has 37 heavy (non-hydrogen) atoms. The molecule has 2 aromatic rings. The molecule has 0 spiro atoms. The molecule has 7 nitrogen and oxygen atoms in total. The first-order valence-corrected chi connectivity index (χ1v) is 12.8. The number of nitrogens with zero attached hydrogens (tertiary/aromatic N) is 2. The number of fused-ring (bicyclic) bond motifs is 4. The highest BCUT2D eigenvalue weighted by molar-refractivity contribution is 6.24. The minimum atomic E-state index is -0.986. The van der Waals surface area contributed by atoms with Crippen LogP contribution in [0.25, 0.3) is 0 Å². The summed E-state index contributed by atoms with van der Waals surface area (Å²) in [5.41, 5.74) is 5.29. The zero-order valence-corrected chi connectivity index (χ0v) is 21.9. The highest BCUT2D eigenvalue weighted by Crippen LogP contribution is 2.49. The Morgan fingerprint density at radius 2 is 1.84 bits per heavy atom. The van der Waals surface area contributed by atoms with E-state index in [1.807, 2.05) is 42.5 Å². The van der Waals surface area contributed by atoms with E-state index in [-0.39, 0.29) is 23.7 Å². The minimum Gasteiger partial charge on any atom is -0.493 e. The average Bonchev–Trinajstić information content (AvgIpc) is 2.86. The first-order chi connectivity index (χ1) is 17.7. The van der Waals surface area contributed by atoms with Gasteiger partial charge in [-0.15, -0.1) is 0 Å². The molecule has 0 saturated heterocycles. The van der Waals surface area contributed by atoms with Gasteiger partial charge < -0.3 is 19.5 Å². The number of hydrogen-bond donors (Lipinski definition) is 1. The van der Waals surface area contributed by atoms with Crippen LogP contribution < -0.4 is 9.47 Å². The second kappa shape index (κ2) is 9.69. The Morgan fingerprint density at radius 3 is 2.51 bits per heavy atom. The number of rotatable bonds is 6. The van der Waals surface area contributed by atoms with E-state index >= 15 is 0 Å². The number of aliphatic imine (C=N–C) groups is 1. The maximum absolute atomic E-state index is 13.5. The third-order valence-corrected chi connectivity index (χ3v) is 7.75. The lowest BCUT2D eigenvalue weighted by molar-refractivity contribution is -0.138. The highest BCUT2D eigenvalue weighted by Gasteiger charge is 2.44. The maximum Gasteiger partial charge on any atom is 0.328 e. The third kappa shape index (κ3) is 4.75. The van der Waals surface area contributed by atoms with E-state index < -0.39 is 12.0 Å². The SMILES string of the molecule is COc1cc2c(cc1OC)[C@H]1CC(=N[C@@H](Cc3ccccc3)C(=O)O)C3=C(CC(C)(C)CC3=O)N1CC2. The molecule has 5 rings (SSSR count). The van der Waals surface area contributed by atoms with E-state index in [2.05, 4.69) is 18.7 Å². The molecule has 0 bridgehead atoms. The molecule has 0 radical (unpaired) electrons. The largest absolute Gasteiger partial charge is 0.493 e. The normalized spacial score (nSPS) is 22.2. The molecule has 0 amide bonds. The van der Waals surface area contributed by atoms with Crippen LogP contribution in [-0.4, -0.2) is 54.3 Å². The van der Waals surface area contributed by atoms with Crippen molar-refractivity contribution in [1.29, 1.82) is 0 Å². The predicted molar refractivity (Wildman–Crippen MR) is 141 cm³/mol. The lowest BCUT2D eigenvalue weighted by Gasteiger charge is -2.48. The second-order valence-electron chi connectivity index (χ2n) is 11.0. The van der Waals surface area contributed by atoms with Crippen LogP contribution in [0.3, 0.4) is 0 Å². The van der Waals surface area contributed by atoms with Crippen molar-refractivity contribution in [2.24, 2.45) is 10.4 Å². The third-order valence-electron chi connectivity index (χ3n) is 7.75. The van der Waals surface area contributed by atoms with Gasteiger partial charge in [0, 0.05) is 31.5 Å². The van der Waals surface area contributed by atoms with Crippen LogP contribution in [0.15, 0.2) is 58.7 Å². The molecule has 1 aliphatic carbocycles. The Bertz CT molecular complexity index is 1290. The number of carboxylic acid groups (broad SMARTS) is 1. The Kier molecular flexibility index (Phi) is 6.56. The van der Waals surface area contributed by atoms with Crippen LogP contribution in [0, 0.1) is 5.41 Å². The molecule has 1 N–H and O–H groups in total. The van der Waals surface area contributed by atoms with Crippen LogP contribution in [0.5, 0.6) is 11.5 Å². The monoisotopic (exact) mass is 502 g/mol. The summed E-state index contributed by atoms with van der Waals surface area (Å²) in [7, 11) is 3.26. The number of aliphatic carboxylic acids is 1. The van der Waals surface area contributed by atoms with E-state index in [9.17, 15) is 14.7 Å². The lowest BCUT2D eigenvalue weighted by atomic mass is 9.71. The summed E-state index contributed by atoms with van der Waals surface area (Å²) < 4.78 is 11.2. The van der Waals surface area contributed by atoms with Crippen LogP contribution in [0.1, 0.15) is 55.8 Å². The van der Waals surface area contributed by atoms with Gasteiger partial charge in [0.15, 0.2) is 23.3 Å². The number of Topliss-reactive ketones (excluding diaryl/α,β-unsaturated/α-hetero) is 1. The topological polar surface area (TPSA) is 88.4 Å². The standard InChI is InChI=1S/C30H34N2O5/c1-30(2)16-24-28(25(33)17-30)21(31-22(29(34)35)12-18-8-6-5-7-9-18)15-23-20-14-27(37-4)26(36-3)13-19(20)10-11-32(23)24/h5-9,13-14,22-23H,10-12,15-17H2,1-4H3,(H,34,35)/t22-,23+/m0/s1. The molecule has 0 aromatic heterocycles. The summed E-state index contributed by atoms with van der Waals surface area (Å²) >= 11 is 0. The van der Waals surface area contributed by atoms with Gasteiger partial charge in [-0.3, -0.25) is 9.79 Å². The van der Waals surface area contributed by atoms with E-state index in [4.69, 9.17) is 14.5 Å². The zero-order valence-electron chi connectivity index (χ0n) is 21.9. The number of ether oxygens (including phenoxy) is 2. The van der Waals surface area contributed by atoms with E-state index in [0.29, 0.717) is 35.6 Å². The van der Waals surface area contributed by atoms with Gasteiger partial charge in [0.1, 0.15) is 0 Å². The lowest BCUT2D eigenvalue weighted by Crippen LogP contribution is -2.46. The molecule has 0 saturated carbocycles. The number of benzene rings is 2. The van der Waals surface area contributed by atoms with Gasteiger partial charge in [-0.2, -0.15) is 0 Å². The Hall–Kier alpha value is -3.61. The number of carbonyl (C=O) groups is 2. The van der Waals surface area contributed by atoms with E-state index in [0.717, 1.165) is 36.2 Å². The first kappa shape index (κ1) is 25.1. The molecule has 7 heteroatoms. The van der Waals surface area contributed by atoms with Gasteiger partial charge in [0.2, 0.25) is 0 Å². The van der Waals surface area contributed by atoms with Gasteiger partial charge in [0.25, 0.3) is 0 Å².